The van der Waals surface area contributed by atoms with Crippen molar-refractivity contribution in [1.82, 2.24) is 5.32 Å². The third kappa shape index (κ3) is 5.05. The summed E-state index contributed by atoms with van der Waals surface area (Å²) in [4.78, 5) is 22.9. The second kappa shape index (κ2) is 8.64. The fourth-order valence-electron chi connectivity index (χ4n) is 3.13. The molecule has 27 heavy (non-hydrogen) atoms. The molecule has 0 saturated carbocycles. The SMILES string of the molecule is Cc1ccccc1C(O)C(C)(C)C(NC(=O)C=CC(=O)O)c1ccccc1. The number of hydrogen-bond donors (Lipinski definition) is 3. The van der Waals surface area contributed by atoms with Gasteiger partial charge in [-0.15, -0.1) is 0 Å². The Kier molecular flexibility index (Phi) is 6.53. The minimum Gasteiger partial charge on any atom is -0.478 e. The number of aliphatic hydroxyl groups excluding tert-OH is 1. The summed E-state index contributed by atoms with van der Waals surface area (Å²) >= 11 is 0. The van der Waals surface area contributed by atoms with Gasteiger partial charge < -0.3 is 15.5 Å². The zero-order chi connectivity index (χ0) is 20.0. The first kappa shape index (κ1) is 20.4. The van der Waals surface area contributed by atoms with Crippen LogP contribution in [-0.4, -0.2) is 22.1 Å². The molecule has 0 spiro atoms. The third-order valence-corrected chi connectivity index (χ3v) is 4.73. The maximum Gasteiger partial charge on any atom is 0.328 e. The maximum absolute atomic E-state index is 12.3. The Morgan fingerprint density at radius 3 is 2.19 bits per heavy atom. The third-order valence-electron chi connectivity index (χ3n) is 4.73. The van der Waals surface area contributed by atoms with Crippen LogP contribution in [0.1, 0.15) is 42.7 Å². The normalized spacial score (nSPS) is 13.9. The van der Waals surface area contributed by atoms with Crippen LogP contribution in [0.5, 0.6) is 0 Å². The molecule has 0 bridgehead atoms. The Balaban J connectivity index is 2.40. The summed E-state index contributed by atoms with van der Waals surface area (Å²) in [6.07, 6.45) is 0.934. The van der Waals surface area contributed by atoms with Crippen LogP contribution in [0.3, 0.4) is 0 Å². The van der Waals surface area contributed by atoms with Crippen LogP contribution < -0.4 is 5.32 Å². The van der Waals surface area contributed by atoms with Crippen molar-refractivity contribution >= 4 is 11.9 Å². The summed E-state index contributed by atoms with van der Waals surface area (Å²) in [7, 11) is 0. The minimum atomic E-state index is -1.19. The average Bonchev–Trinajstić information content (AvgIpc) is 2.64. The molecule has 5 heteroatoms. The molecule has 142 valence electrons. The largest absolute Gasteiger partial charge is 0.478 e. The summed E-state index contributed by atoms with van der Waals surface area (Å²) in [6.45, 7) is 5.69. The smallest absolute Gasteiger partial charge is 0.328 e. The number of benzene rings is 2. The van der Waals surface area contributed by atoms with Crippen LogP contribution in [0.15, 0.2) is 66.7 Å². The molecule has 2 atom stereocenters. The molecule has 0 aliphatic heterocycles. The molecule has 5 nitrogen and oxygen atoms in total. The molecule has 1 amide bonds. The van der Waals surface area contributed by atoms with Crippen molar-refractivity contribution in [3.63, 3.8) is 0 Å². The summed E-state index contributed by atoms with van der Waals surface area (Å²) in [6, 6.07) is 16.4. The van der Waals surface area contributed by atoms with Gasteiger partial charge in [-0.3, -0.25) is 4.79 Å². The van der Waals surface area contributed by atoms with Crippen LogP contribution >= 0.6 is 0 Å². The molecule has 0 fully saturated rings. The Morgan fingerprint density at radius 1 is 1.00 bits per heavy atom. The van der Waals surface area contributed by atoms with Gasteiger partial charge in [0.05, 0.1) is 12.1 Å². The first-order valence-corrected chi connectivity index (χ1v) is 8.73. The van der Waals surface area contributed by atoms with Gasteiger partial charge in [0.15, 0.2) is 0 Å². The highest BCUT2D eigenvalue weighted by Gasteiger charge is 2.39. The van der Waals surface area contributed by atoms with Gasteiger partial charge in [-0.2, -0.15) is 0 Å². The first-order valence-electron chi connectivity index (χ1n) is 8.73. The molecular weight excluding hydrogens is 342 g/mol. The number of carbonyl (C=O) groups excluding carboxylic acids is 1. The van der Waals surface area contributed by atoms with E-state index < -0.39 is 29.4 Å². The van der Waals surface area contributed by atoms with Crippen molar-refractivity contribution in [1.29, 1.82) is 0 Å². The molecule has 0 heterocycles. The van der Waals surface area contributed by atoms with Crippen molar-refractivity contribution in [2.24, 2.45) is 5.41 Å². The van der Waals surface area contributed by atoms with E-state index in [1.165, 1.54) is 0 Å². The summed E-state index contributed by atoms with van der Waals surface area (Å²) < 4.78 is 0. The van der Waals surface area contributed by atoms with Gasteiger partial charge >= 0.3 is 5.97 Å². The van der Waals surface area contributed by atoms with Crippen LogP contribution in [0.25, 0.3) is 0 Å². The van der Waals surface area contributed by atoms with E-state index in [1.807, 2.05) is 75.4 Å². The van der Waals surface area contributed by atoms with Gasteiger partial charge in [-0.1, -0.05) is 68.4 Å². The molecule has 2 unspecified atom stereocenters. The quantitative estimate of drug-likeness (QED) is 0.653. The summed E-state index contributed by atoms with van der Waals surface area (Å²) in [5, 5.41) is 22.7. The topological polar surface area (TPSA) is 86.6 Å². The maximum atomic E-state index is 12.3. The number of carboxylic acid groups (broad SMARTS) is 1. The van der Waals surface area contributed by atoms with Crippen molar-refractivity contribution in [3.05, 3.63) is 83.4 Å². The predicted octanol–water partition coefficient (Wildman–Crippen LogP) is 3.55. The Morgan fingerprint density at radius 2 is 1.59 bits per heavy atom. The molecule has 0 saturated heterocycles. The van der Waals surface area contributed by atoms with Gasteiger partial charge in [-0.05, 0) is 23.6 Å². The number of carboxylic acids is 1. The number of hydrogen-bond acceptors (Lipinski definition) is 3. The Labute approximate surface area is 159 Å². The molecule has 2 rings (SSSR count). The lowest BCUT2D eigenvalue weighted by atomic mass is 9.73. The van der Waals surface area contributed by atoms with E-state index in [-0.39, 0.29) is 0 Å². The lowest BCUT2D eigenvalue weighted by molar-refractivity contribution is -0.131. The molecule has 0 aromatic heterocycles. The number of carbonyl (C=O) groups is 2. The van der Waals surface area contributed by atoms with Gasteiger partial charge in [0.25, 0.3) is 0 Å². The highest BCUT2D eigenvalue weighted by molar-refractivity contribution is 5.94. The molecular formula is C22H25NO4. The standard InChI is InChI=1S/C22H25NO4/c1-15-9-7-8-12-17(15)21(27)22(2,3)20(16-10-5-4-6-11-16)23-18(24)13-14-19(25)26/h4-14,20-21,27H,1-3H3,(H,23,24)(H,25,26). The Hall–Kier alpha value is -2.92. The lowest BCUT2D eigenvalue weighted by Gasteiger charge is -2.39. The van der Waals surface area contributed by atoms with Crippen molar-refractivity contribution in [2.75, 3.05) is 0 Å². The zero-order valence-electron chi connectivity index (χ0n) is 15.7. The Bertz CT molecular complexity index is 827. The second-order valence-corrected chi connectivity index (χ2v) is 7.10. The number of nitrogens with one attached hydrogen (secondary N) is 1. The molecule has 0 aliphatic rings. The lowest BCUT2D eigenvalue weighted by Crippen LogP contribution is -2.41. The van der Waals surface area contributed by atoms with E-state index in [9.17, 15) is 14.7 Å². The molecule has 0 radical (unpaired) electrons. The van der Waals surface area contributed by atoms with Gasteiger partial charge in [0.2, 0.25) is 5.91 Å². The van der Waals surface area contributed by atoms with Crippen molar-refractivity contribution in [2.45, 2.75) is 32.9 Å². The fraction of sp³-hybridized carbons (Fsp3) is 0.273. The highest BCUT2D eigenvalue weighted by atomic mass is 16.4. The monoisotopic (exact) mass is 367 g/mol. The first-order chi connectivity index (χ1) is 12.7. The van der Waals surface area contributed by atoms with Crippen LogP contribution in [-0.2, 0) is 9.59 Å². The fourth-order valence-corrected chi connectivity index (χ4v) is 3.13. The highest BCUT2D eigenvalue weighted by Crippen LogP contribution is 2.44. The minimum absolute atomic E-state index is 0.528. The van der Waals surface area contributed by atoms with E-state index in [1.54, 1.807) is 0 Å². The summed E-state index contributed by atoms with van der Waals surface area (Å²) in [5.74, 6) is -1.73. The van der Waals surface area contributed by atoms with E-state index in [2.05, 4.69) is 5.32 Å². The van der Waals surface area contributed by atoms with E-state index in [0.29, 0.717) is 0 Å². The van der Waals surface area contributed by atoms with Crippen LogP contribution in [0, 0.1) is 12.3 Å². The van der Waals surface area contributed by atoms with E-state index in [0.717, 1.165) is 28.8 Å². The molecule has 2 aromatic carbocycles. The van der Waals surface area contributed by atoms with E-state index in [4.69, 9.17) is 5.11 Å². The molecule has 2 aromatic rings. The van der Waals surface area contributed by atoms with Gasteiger partial charge in [0, 0.05) is 17.6 Å². The van der Waals surface area contributed by atoms with Gasteiger partial charge in [-0.25, -0.2) is 4.79 Å². The second-order valence-electron chi connectivity index (χ2n) is 7.10. The number of aliphatic hydroxyl groups is 1. The van der Waals surface area contributed by atoms with Crippen LogP contribution in [0.2, 0.25) is 0 Å². The number of rotatable bonds is 7. The zero-order valence-corrected chi connectivity index (χ0v) is 15.7. The molecule has 3 N–H and O–H groups in total. The van der Waals surface area contributed by atoms with Crippen molar-refractivity contribution in [3.8, 4) is 0 Å². The number of aliphatic carboxylic acids is 1. The molecule has 0 aliphatic carbocycles. The number of aryl methyl sites for hydroxylation is 1. The number of amides is 1. The van der Waals surface area contributed by atoms with Gasteiger partial charge in [0.1, 0.15) is 0 Å². The summed E-state index contributed by atoms with van der Waals surface area (Å²) in [5.41, 5.74) is 1.81. The predicted molar refractivity (Wildman–Crippen MR) is 104 cm³/mol. The van der Waals surface area contributed by atoms with Crippen LogP contribution in [0.4, 0.5) is 0 Å². The van der Waals surface area contributed by atoms with Crippen molar-refractivity contribution < 1.29 is 19.8 Å². The average molecular weight is 367 g/mol. The van der Waals surface area contributed by atoms with E-state index >= 15 is 0 Å².